The van der Waals surface area contributed by atoms with E-state index in [-0.39, 0.29) is 25.7 Å². The van der Waals surface area contributed by atoms with Crippen LogP contribution in [0.2, 0.25) is 0 Å². The maximum Gasteiger partial charge on any atom is 0.411 e. The lowest BCUT2D eigenvalue weighted by atomic mass is 9.98. The number of benzene rings is 3. The summed E-state index contributed by atoms with van der Waals surface area (Å²) in [5, 5.41) is 11.6. The van der Waals surface area contributed by atoms with Gasteiger partial charge in [-0.1, -0.05) is 48.5 Å². The van der Waals surface area contributed by atoms with E-state index >= 15 is 0 Å². The standard InChI is InChI=1S/C24H23NO4/c1-16-14-17(10-11-23(16)28-13-12-26)25-24(27)29-15-22-20-8-4-2-6-18(20)19-7-3-5-9-21(19)22/h2-11,14,22,26H,12-13,15H2,1H3,(H,25,27). The first kappa shape index (κ1) is 19.0. The Morgan fingerprint density at radius 1 is 1.00 bits per heavy atom. The molecule has 0 fully saturated rings. The SMILES string of the molecule is Cc1cc(NC(=O)OCC2c3ccccc3-c3ccccc32)ccc1OCCO. The van der Waals surface area contributed by atoms with Gasteiger partial charge in [-0.3, -0.25) is 5.32 Å². The number of carbonyl (C=O) groups excluding carboxylic acids is 1. The van der Waals surface area contributed by atoms with Crippen molar-refractivity contribution in [3.8, 4) is 16.9 Å². The van der Waals surface area contributed by atoms with Crippen LogP contribution in [0.4, 0.5) is 10.5 Å². The first-order valence-electron chi connectivity index (χ1n) is 9.63. The second-order valence-electron chi connectivity index (χ2n) is 7.00. The average molecular weight is 389 g/mol. The van der Waals surface area contributed by atoms with E-state index in [0.29, 0.717) is 11.4 Å². The number of rotatable bonds is 6. The number of nitrogens with one attached hydrogen (secondary N) is 1. The second-order valence-corrected chi connectivity index (χ2v) is 7.00. The number of aliphatic hydroxyl groups is 1. The molecule has 2 N–H and O–H groups in total. The Morgan fingerprint density at radius 2 is 1.66 bits per heavy atom. The van der Waals surface area contributed by atoms with Gasteiger partial charge in [0.05, 0.1) is 6.61 Å². The number of anilines is 1. The number of hydrogen-bond donors (Lipinski definition) is 2. The fourth-order valence-electron chi connectivity index (χ4n) is 3.80. The summed E-state index contributed by atoms with van der Waals surface area (Å²) >= 11 is 0. The number of hydrogen-bond acceptors (Lipinski definition) is 4. The van der Waals surface area contributed by atoms with Crippen LogP contribution in [0, 0.1) is 6.92 Å². The smallest absolute Gasteiger partial charge is 0.411 e. The van der Waals surface area contributed by atoms with Crippen LogP contribution in [0.15, 0.2) is 66.7 Å². The van der Waals surface area contributed by atoms with Gasteiger partial charge < -0.3 is 14.6 Å². The van der Waals surface area contributed by atoms with Gasteiger partial charge in [-0.05, 0) is 52.9 Å². The Morgan fingerprint density at radius 3 is 2.28 bits per heavy atom. The maximum absolute atomic E-state index is 12.4. The number of carbonyl (C=O) groups is 1. The van der Waals surface area contributed by atoms with Gasteiger partial charge in [0, 0.05) is 11.6 Å². The molecule has 0 radical (unpaired) electrons. The third-order valence-electron chi connectivity index (χ3n) is 5.11. The van der Waals surface area contributed by atoms with E-state index < -0.39 is 6.09 Å². The van der Waals surface area contributed by atoms with Gasteiger partial charge in [0.1, 0.15) is 19.0 Å². The predicted molar refractivity (Wildman–Crippen MR) is 112 cm³/mol. The molecule has 1 amide bonds. The minimum Gasteiger partial charge on any atom is -0.491 e. The predicted octanol–water partition coefficient (Wildman–Crippen LogP) is 4.73. The molecule has 3 aromatic rings. The molecule has 0 spiro atoms. The van der Waals surface area contributed by atoms with Crippen molar-refractivity contribution in [3.05, 3.63) is 83.4 Å². The van der Waals surface area contributed by atoms with Crippen LogP contribution in [0.25, 0.3) is 11.1 Å². The molecule has 4 rings (SSSR count). The fraction of sp³-hybridized carbons (Fsp3) is 0.208. The molecular weight excluding hydrogens is 366 g/mol. The largest absolute Gasteiger partial charge is 0.491 e. The Labute approximate surface area is 169 Å². The lowest BCUT2D eigenvalue weighted by Crippen LogP contribution is -2.18. The lowest BCUT2D eigenvalue weighted by molar-refractivity contribution is 0.158. The van der Waals surface area contributed by atoms with Crippen molar-refractivity contribution in [2.75, 3.05) is 25.1 Å². The van der Waals surface area contributed by atoms with Crippen LogP contribution in [-0.4, -0.2) is 31.0 Å². The quantitative estimate of drug-likeness (QED) is 0.640. The third kappa shape index (κ3) is 3.96. The monoisotopic (exact) mass is 389 g/mol. The van der Waals surface area contributed by atoms with E-state index in [4.69, 9.17) is 14.6 Å². The molecule has 0 saturated carbocycles. The van der Waals surface area contributed by atoms with E-state index in [2.05, 4.69) is 29.6 Å². The molecule has 0 aliphatic heterocycles. The van der Waals surface area contributed by atoms with Gasteiger partial charge in [0.15, 0.2) is 0 Å². The summed E-state index contributed by atoms with van der Waals surface area (Å²) in [6.45, 7) is 2.35. The van der Waals surface area contributed by atoms with Crippen molar-refractivity contribution in [2.24, 2.45) is 0 Å². The molecule has 0 saturated heterocycles. The Bertz CT molecular complexity index is 985. The van der Waals surface area contributed by atoms with E-state index in [1.807, 2.05) is 37.3 Å². The Kier molecular flexibility index (Phi) is 5.49. The number of aliphatic hydroxyl groups excluding tert-OH is 1. The molecule has 1 aliphatic carbocycles. The molecule has 3 aromatic carbocycles. The van der Waals surface area contributed by atoms with Gasteiger partial charge >= 0.3 is 6.09 Å². The summed E-state index contributed by atoms with van der Waals surface area (Å²) < 4.78 is 11.0. The molecule has 0 bridgehead atoms. The summed E-state index contributed by atoms with van der Waals surface area (Å²) in [5.74, 6) is 0.710. The summed E-state index contributed by atoms with van der Waals surface area (Å²) in [5.41, 5.74) is 6.27. The number of ether oxygens (including phenoxy) is 2. The molecule has 0 unspecified atom stereocenters. The van der Waals surface area contributed by atoms with Crippen molar-refractivity contribution in [3.63, 3.8) is 0 Å². The van der Waals surface area contributed by atoms with Crippen molar-refractivity contribution in [1.82, 2.24) is 0 Å². The van der Waals surface area contributed by atoms with Crippen LogP contribution in [0.3, 0.4) is 0 Å². The third-order valence-corrected chi connectivity index (χ3v) is 5.11. The minimum atomic E-state index is -0.490. The molecular formula is C24H23NO4. The molecule has 0 atom stereocenters. The highest BCUT2D eigenvalue weighted by molar-refractivity contribution is 5.85. The highest BCUT2D eigenvalue weighted by Crippen LogP contribution is 2.44. The van der Waals surface area contributed by atoms with Crippen LogP contribution < -0.4 is 10.1 Å². The Balaban J connectivity index is 1.42. The summed E-state index contributed by atoms with van der Waals surface area (Å²) in [7, 11) is 0. The molecule has 29 heavy (non-hydrogen) atoms. The van der Waals surface area contributed by atoms with Crippen molar-refractivity contribution < 1.29 is 19.4 Å². The van der Waals surface area contributed by atoms with E-state index in [0.717, 1.165) is 5.56 Å². The number of amides is 1. The van der Waals surface area contributed by atoms with Gasteiger partial charge in [0.25, 0.3) is 0 Å². The topological polar surface area (TPSA) is 67.8 Å². The average Bonchev–Trinajstić information content (AvgIpc) is 3.05. The number of aryl methyl sites for hydroxylation is 1. The zero-order valence-corrected chi connectivity index (χ0v) is 16.2. The van der Waals surface area contributed by atoms with Gasteiger partial charge in [-0.25, -0.2) is 4.79 Å². The molecule has 148 valence electrons. The van der Waals surface area contributed by atoms with E-state index in [9.17, 15) is 4.79 Å². The molecule has 0 aromatic heterocycles. The number of fused-ring (bicyclic) bond motifs is 3. The van der Waals surface area contributed by atoms with Crippen LogP contribution >= 0.6 is 0 Å². The van der Waals surface area contributed by atoms with E-state index in [1.54, 1.807) is 12.1 Å². The normalized spacial score (nSPS) is 12.2. The van der Waals surface area contributed by atoms with Gasteiger partial charge in [-0.15, -0.1) is 0 Å². The lowest BCUT2D eigenvalue weighted by Gasteiger charge is -2.15. The van der Waals surface area contributed by atoms with Crippen LogP contribution in [0.5, 0.6) is 5.75 Å². The second kappa shape index (κ2) is 8.37. The molecule has 0 heterocycles. The van der Waals surface area contributed by atoms with Crippen molar-refractivity contribution >= 4 is 11.8 Å². The highest BCUT2D eigenvalue weighted by Gasteiger charge is 2.28. The minimum absolute atomic E-state index is 0.0316. The molecule has 5 nitrogen and oxygen atoms in total. The van der Waals surface area contributed by atoms with E-state index in [1.165, 1.54) is 22.3 Å². The Hall–Kier alpha value is -3.31. The summed E-state index contributed by atoms with van der Waals surface area (Å²) in [6, 6.07) is 21.8. The summed E-state index contributed by atoms with van der Waals surface area (Å²) in [4.78, 5) is 12.4. The van der Waals surface area contributed by atoms with Gasteiger partial charge in [-0.2, -0.15) is 0 Å². The van der Waals surface area contributed by atoms with Crippen LogP contribution in [-0.2, 0) is 4.74 Å². The highest BCUT2D eigenvalue weighted by atomic mass is 16.5. The molecule has 1 aliphatic rings. The van der Waals surface area contributed by atoms with Crippen molar-refractivity contribution in [1.29, 1.82) is 0 Å². The first-order valence-corrected chi connectivity index (χ1v) is 9.63. The van der Waals surface area contributed by atoms with Crippen molar-refractivity contribution in [2.45, 2.75) is 12.8 Å². The maximum atomic E-state index is 12.4. The summed E-state index contributed by atoms with van der Waals surface area (Å²) in [6.07, 6.45) is -0.490. The molecule has 5 heteroatoms. The van der Waals surface area contributed by atoms with Crippen LogP contribution in [0.1, 0.15) is 22.6 Å². The zero-order valence-electron chi connectivity index (χ0n) is 16.2. The van der Waals surface area contributed by atoms with Gasteiger partial charge in [0.2, 0.25) is 0 Å². The first-order chi connectivity index (χ1) is 14.2. The fourth-order valence-corrected chi connectivity index (χ4v) is 3.80. The zero-order chi connectivity index (χ0) is 20.2.